The molecule has 0 aliphatic carbocycles. The molecule has 0 saturated carbocycles. The number of rotatable bonds is 6. The number of furan rings is 1. The number of anilines is 3. The van der Waals surface area contributed by atoms with E-state index in [0.29, 0.717) is 0 Å². The van der Waals surface area contributed by atoms with Gasteiger partial charge in [0.1, 0.15) is 11.2 Å². The Morgan fingerprint density at radius 1 is 0.419 bits per heavy atom. The van der Waals surface area contributed by atoms with Gasteiger partial charge in [0.2, 0.25) is 0 Å². The molecule has 3 heterocycles. The van der Waals surface area contributed by atoms with E-state index in [2.05, 4.69) is 228 Å². The first kappa shape index (κ1) is 34.9. The zero-order chi connectivity index (χ0) is 40.7. The molecule has 0 amide bonds. The minimum absolute atomic E-state index is 0.867. The average Bonchev–Trinajstić information content (AvgIpc) is 4.03. The van der Waals surface area contributed by atoms with E-state index in [-0.39, 0.29) is 0 Å². The van der Waals surface area contributed by atoms with E-state index in [0.717, 1.165) is 55.6 Å². The molecule has 290 valence electrons. The lowest BCUT2D eigenvalue weighted by atomic mass is 10.0. The van der Waals surface area contributed by atoms with Crippen LogP contribution >= 0.6 is 11.3 Å². The highest BCUT2D eigenvalue weighted by atomic mass is 32.1. The second-order valence-corrected chi connectivity index (χ2v) is 17.1. The minimum Gasteiger partial charge on any atom is -0.455 e. The molecule has 0 radical (unpaired) electrons. The summed E-state index contributed by atoms with van der Waals surface area (Å²) in [7, 11) is 0. The SMILES string of the molecule is c1ccc(-n2c3ccccc3c3cc(-c4ccc(N(c5ccc(-c6cccc7c6sc6ccccc67)cc5)c5cccc6oc7c8ccccc8ccc7c56)cc4)ccc32)cc1. The van der Waals surface area contributed by atoms with Gasteiger partial charge in [0, 0.05) is 58.8 Å². The number of fused-ring (bicyclic) bond motifs is 11. The van der Waals surface area contributed by atoms with E-state index in [9.17, 15) is 0 Å². The van der Waals surface area contributed by atoms with Crippen LogP contribution in [0.2, 0.25) is 0 Å². The molecule has 0 N–H and O–H groups in total. The van der Waals surface area contributed by atoms with Gasteiger partial charge in [0.05, 0.1) is 22.1 Å². The Kier molecular flexibility index (Phi) is 7.78. The Morgan fingerprint density at radius 3 is 1.92 bits per heavy atom. The fourth-order valence-corrected chi connectivity index (χ4v) is 11.0. The van der Waals surface area contributed by atoms with Gasteiger partial charge in [0.25, 0.3) is 0 Å². The highest BCUT2D eigenvalue weighted by Gasteiger charge is 2.21. The number of hydrogen-bond donors (Lipinski definition) is 0. The van der Waals surface area contributed by atoms with Crippen molar-refractivity contribution in [1.29, 1.82) is 0 Å². The summed E-state index contributed by atoms with van der Waals surface area (Å²) in [6.45, 7) is 0. The molecule has 3 nitrogen and oxygen atoms in total. The second-order valence-electron chi connectivity index (χ2n) is 16.0. The standard InChI is InChI=1S/C58H36N2OS/c1-2-13-41(14-3-1)60-51-20-8-6-16-46(51)50-36-40(29-35-52(50)60)37-24-30-42(31-25-37)59(53-21-11-22-54-56(53)49-34-28-38-12-4-5-15-44(38)57(49)61-54)43-32-26-39(27-33-43)45-18-10-19-48-47-17-7-9-23-55(47)62-58(45)48/h1-36H. The summed E-state index contributed by atoms with van der Waals surface area (Å²) in [4.78, 5) is 2.39. The van der Waals surface area contributed by atoms with E-state index in [1.165, 1.54) is 64.1 Å². The van der Waals surface area contributed by atoms with Crippen molar-refractivity contribution in [1.82, 2.24) is 4.57 Å². The number of hydrogen-bond acceptors (Lipinski definition) is 3. The number of benzene rings is 10. The third-order valence-corrected chi connectivity index (χ3v) is 13.8. The molecule has 13 rings (SSSR count). The van der Waals surface area contributed by atoms with E-state index >= 15 is 0 Å². The Hall–Kier alpha value is -7.92. The van der Waals surface area contributed by atoms with Crippen molar-refractivity contribution < 1.29 is 4.42 Å². The molecule has 0 bridgehead atoms. The first-order valence-corrected chi connectivity index (χ1v) is 21.9. The van der Waals surface area contributed by atoms with Gasteiger partial charge < -0.3 is 13.9 Å². The van der Waals surface area contributed by atoms with Gasteiger partial charge in [-0.15, -0.1) is 11.3 Å². The Labute approximate surface area is 361 Å². The minimum atomic E-state index is 0.867. The van der Waals surface area contributed by atoms with Gasteiger partial charge in [-0.25, -0.2) is 0 Å². The quantitative estimate of drug-likeness (QED) is 0.167. The van der Waals surface area contributed by atoms with Crippen LogP contribution in [0.5, 0.6) is 0 Å². The molecule has 4 heteroatoms. The largest absolute Gasteiger partial charge is 0.455 e. The molecule has 0 spiro atoms. The molecule has 0 fully saturated rings. The highest BCUT2D eigenvalue weighted by molar-refractivity contribution is 7.26. The van der Waals surface area contributed by atoms with Crippen LogP contribution in [-0.2, 0) is 0 Å². The maximum absolute atomic E-state index is 6.72. The number of para-hydroxylation sites is 2. The Bertz CT molecular complexity index is 3860. The first-order valence-electron chi connectivity index (χ1n) is 21.1. The maximum atomic E-state index is 6.72. The van der Waals surface area contributed by atoms with Gasteiger partial charge in [-0.1, -0.05) is 140 Å². The van der Waals surface area contributed by atoms with Gasteiger partial charge in [0.15, 0.2) is 0 Å². The summed E-state index contributed by atoms with van der Waals surface area (Å²) in [5.41, 5.74) is 13.4. The summed E-state index contributed by atoms with van der Waals surface area (Å²) in [6, 6.07) is 79.1. The molecule has 0 unspecified atom stereocenters. The van der Waals surface area contributed by atoms with Crippen molar-refractivity contribution in [2.24, 2.45) is 0 Å². The number of nitrogens with zero attached hydrogens (tertiary/aromatic N) is 2. The van der Waals surface area contributed by atoms with E-state index in [4.69, 9.17) is 4.42 Å². The molecule has 10 aromatic carbocycles. The maximum Gasteiger partial charge on any atom is 0.143 e. The van der Waals surface area contributed by atoms with Crippen molar-refractivity contribution in [3.8, 4) is 27.9 Å². The molecule has 0 saturated heterocycles. The zero-order valence-corrected chi connectivity index (χ0v) is 34.3. The molecule has 0 atom stereocenters. The monoisotopic (exact) mass is 808 g/mol. The van der Waals surface area contributed by atoms with Crippen molar-refractivity contribution in [3.63, 3.8) is 0 Å². The molecular formula is C58H36N2OS. The Balaban J connectivity index is 0.958. The van der Waals surface area contributed by atoms with Crippen LogP contribution in [0.15, 0.2) is 223 Å². The van der Waals surface area contributed by atoms with Gasteiger partial charge >= 0.3 is 0 Å². The lowest BCUT2D eigenvalue weighted by molar-refractivity contribution is 0.672. The van der Waals surface area contributed by atoms with E-state index in [1.807, 2.05) is 11.3 Å². The fraction of sp³-hybridized carbons (Fsp3) is 0. The second kappa shape index (κ2) is 13.8. The topological polar surface area (TPSA) is 21.3 Å². The lowest BCUT2D eigenvalue weighted by Crippen LogP contribution is -2.10. The molecule has 0 aliphatic heterocycles. The van der Waals surface area contributed by atoms with Gasteiger partial charge in [-0.05, 0) is 107 Å². The van der Waals surface area contributed by atoms with Crippen LogP contribution in [0, 0.1) is 0 Å². The summed E-state index contributed by atoms with van der Waals surface area (Å²) in [5.74, 6) is 0. The molecule has 0 aliphatic rings. The number of thiophene rings is 1. The van der Waals surface area contributed by atoms with Crippen LogP contribution < -0.4 is 4.90 Å². The van der Waals surface area contributed by atoms with Gasteiger partial charge in [-0.2, -0.15) is 0 Å². The van der Waals surface area contributed by atoms with Crippen LogP contribution in [0.3, 0.4) is 0 Å². The molecule has 13 aromatic rings. The molecule has 62 heavy (non-hydrogen) atoms. The summed E-state index contributed by atoms with van der Waals surface area (Å²) < 4.78 is 11.7. The number of aromatic nitrogens is 1. The van der Waals surface area contributed by atoms with Crippen molar-refractivity contribution >= 4 is 103 Å². The smallest absolute Gasteiger partial charge is 0.143 e. The third kappa shape index (κ3) is 5.37. The van der Waals surface area contributed by atoms with Crippen LogP contribution in [0.25, 0.3) is 103 Å². The van der Waals surface area contributed by atoms with Crippen molar-refractivity contribution in [2.45, 2.75) is 0 Å². The zero-order valence-electron chi connectivity index (χ0n) is 33.5. The summed E-state index contributed by atoms with van der Waals surface area (Å²) in [5, 5.41) is 9.59. The summed E-state index contributed by atoms with van der Waals surface area (Å²) >= 11 is 1.87. The normalized spacial score (nSPS) is 11.9. The third-order valence-electron chi connectivity index (χ3n) is 12.6. The predicted octanol–water partition coefficient (Wildman–Crippen LogP) is 17.0. The first-order chi connectivity index (χ1) is 30.7. The average molecular weight is 809 g/mol. The summed E-state index contributed by atoms with van der Waals surface area (Å²) in [6.07, 6.45) is 0. The highest BCUT2D eigenvalue weighted by Crippen LogP contribution is 2.46. The van der Waals surface area contributed by atoms with Crippen molar-refractivity contribution in [3.05, 3.63) is 218 Å². The van der Waals surface area contributed by atoms with Crippen LogP contribution in [0.4, 0.5) is 17.1 Å². The van der Waals surface area contributed by atoms with Crippen molar-refractivity contribution in [2.75, 3.05) is 4.90 Å². The van der Waals surface area contributed by atoms with Crippen LogP contribution in [0.1, 0.15) is 0 Å². The molecular weight excluding hydrogens is 773 g/mol. The molecule has 3 aromatic heterocycles. The fourth-order valence-electron chi connectivity index (χ4n) is 9.72. The predicted molar refractivity (Wildman–Crippen MR) is 264 cm³/mol. The Morgan fingerprint density at radius 2 is 1.08 bits per heavy atom. The van der Waals surface area contributed by atoms with E-state index < -0.39 is 0 Å². The van der Waals surface area contributed by atoms with Crippen LogP contribution in [-0.4, -0.2) is 4.57 Å². The lowest BCUT2D eigenvalue weighted by Gasteiger charge is -2.26. The van der Waals surface area contributed by atoms with Gasteiger partial charge in [-0.3, -0.25) is 0 Å². The van der Waals surface area contributed by atoms with E-state index in [1.54, 1.807) is 0 Å².